The highest BCUT2D eigenvalue weighted by atomic mass is 127. The molecule has 160 valence electrons. The Kier molecular flexibility index (Phi) is 14.8. The summed E-state index contributed by atoms with van der Waals surface area (Å²) in [5.41, 5.74) is 1.82. The second-order valence-electron chi connectivity index (χ2n) is 6.94. The lowest BCUT2D eigenvalue weighted by atomic mass is 10.1. The molecule has 6 nitrogen and oxygen atoms in total. The smallest absolute Gasteiger partial charge is 0.253 e. The SMILES string of the molecule is CCCN(CCC)CCCNC(=NC)NCc1ccc(C(=O)N(C)C)cc1.I. The number of benzene rings is 1. The largest absolute Gasteiger partial charge is 0.356 e. The molecule has 1 rings (SSSR count). The maximum Gasteiger partial charge on any atom is 0.253 e. The van der Waals surface area contributed by atoms with Gasteiger partial charge < -0.3 is 20.4 Å². The van der Waals surface area contributed by atoms with Crippen molar-refractivity contribution < 1.29 is 4.79 Å². The molecule has 0 radical (unpaired) electrons. The van der Waals surface area contributed by atoms with Gasteiger partial charge in [-0.15, -0.1) is 24.0 Å². The minimum absolute atomic E-state index is 0. The van der Waals surface area contributed by atoms with E-state index in [-0.39, 0.29) is 29.9 Å². The van der Waals surface area contributed by atoms with E-state index in [9.17, 15) is 4.79 Å². The third-order valence-corrected chi connectivity index (χ3v) is 4.31. The minimum Gasteiger partial charge on any atom is -0.356 e. The van der Waals surface area contributed by atoms with E-state index in [1.165, 1.54) is 25.9 Å². The van der Waals surface area contributed by atoms with Crippen LogP contribution in [0.5, 0.6) is 0 Å². The number of rotatable bonds is 11. The number of carbonyl (C=O) groups excluding carboxylic acids is 1. The quantitative estimate of drug-likeness (QED) is 0.211. The van der Waals surface area contributed by atoms with Crippen molar-refractivity contribution in [1.29, 1.82) is 0 Å². The summed E-state index contributed by atoms with van der Waals surface area (Å²) < 4.78 is 0. The summed E-state index contributed by atoms with van der Waals surface area (Å²) in [6, 6.07) is 7.69. The summed E-state index contributed by atoms with van der Waals surface area (Å²) in [6.07, 6.45) is 3.51. The standard InChI is InChI=1S/C21H37N5O.HI/c1-6-14-26(15-7-2)16-8-13-23-21(22-3)24-17-18-9-11-19(12-10-18)20(27)25(4)5;/h9-12H,6-8,13-17H2,1-5H3,(H2,22,23,24);1H. The molecule has 0 atom stereocenters. The van der Waals surface area contributed by atoms with Crippen molar-refractivity contribution >= 4 is 35.8 Å². The number of carbonyl (C=O) groups is 1. The molecule has 0 saturated carbocycles. The number of amides is 1. The first kappa shape index (κ1) is 26.6. The lowest BCUT2D eigenvalue weighted by Crippen LogP contribution is -2.38. The van der Waals surface area contributed by atoms with Gasteiger partial charge in [0, 0.05) is 39.8 Å². The fourth-order valence-electron chi connectivity index (χ4n) is 2.91. The van der Waals surface area contributed by atoms with E-state index < -0.39 is 0 Å². The van der Waals surface area contributed by atoms with E-state index in [0.717, 1.165) is 31.0 Å². The average molecular weight is 503 g/mol. The van der Waals surface area contributed by atoms with Crippen molar-refractivity contribution in [2.45, 2.75) is 39.7 Å². The summed E-state index contributed by atoms with van der Waals surface area (Å²) >= 11 is 0. The first-order chi connectivity index (χ1) is 13.0. The average Bonchev–Trinajstić information content (AvgIpc) is 2.67. The van der Waals surface area contributed by atoms with Crippen molar-refractivity contribution in [3.8, 4) is 0 Å². The molecule has 1 aromatic rings. The zero-order chi connectivity index (χ0) is 20.1. The predicted molar refractivity (Wildman–Crippen MR) is 130 cm³/mol. The Morgan fingerprint density at radius 3 is 2.11 bits per heavy atom. The molecule has 0 aliphatic heterocycles. The van der Waals surface area contributed by atoms with E-state index in [1.54, 1.807) is 26.0 Å². The van der Waals surface area contributed by atoms with Crippen molar-refractivity contribution in [2.75, 3.05) is 47.3 Å². The molecular formula is C21H38IN5O. The molecule has 1 amide bonds. The number of halogens is 1. The van der Waals surface area contributed by atoms with Crippen molar-refractivity contribution in [3.05, 3.63) is 35.4 Å². The Labute approximate surface area is 188 Å². The van der Waals surface area contributed by atoms with Gasteiger partial charge in [0.05, 0.1) is 0 Å². The summed E-state index contributed by atoms with van der Waals surface area (Å²) in [5, 5.41) is 6.70. The van der Waals surface area contributed by atoms with Crippen molar-refractivity contribution in [1.82, 2.24) is 20.4 Å². The number of guanidine groups is 1. The van der Waals surface area contributed by atoms with Crippen molar-refractivity contribution in [3.63, 3.8) is 0 Å². The van der Waals surface area contributed by atoms with Crippen LogP contribution in [0, 0.1) is 0 Å². The van der Waals surface area contributed by atoms with Crippen molar-refractivity contribution in [2.24, 2.45) is 4.99 Å². The van der Waals surface area contributed by atoms with Gasteiger partial charge >= 0.3 is 0 Å². The molecule has 0 aromatic heterocycles. The lowest BCUT2D eigenvalue weighted by molar-refractivity contribution is 0.0827. The fraction of sp³-hybridized carbons (Fsp3) is 0.619. The van der Waals surface area contributed by atoms with Gasteiger partial charge in [-0.3, -0.25) is 9.79 Å². The molecule has 7 heteroatoms. The van der Waals surface area contributed by atoms with Crippen LogP contribution in [0.15, 0.2) is 29.3 Å². The zero-order valence-corrected chi connectivity index (χ0v) is 20.5. The molecule has 0 fully saturated rings. The summed E-state index contributed by atoms with van der Waals surface area (Å²) in [4.78, 5) is 20.3. The topological polar surface area (TPSA) is 60.0 Å². The third kappa shape index (κ3) is 10.3. The zero-order valence-electron chi connectivity index (χ0n) is 18.1. The van der Waals surface area contributed by atoms with Gasteiger partial charge in [0.1, 0.15) is 0 Å². The Morgan fingerprint density at radius 1 is 1.00 bits per heavy atom. The monoisotopic (exact) mass is 503 g/mol. The minimum atomic E-state index is 0. The van der Waals surface area contributed by atoms with Gasteiger partial charge in [-0.2, -0.15) is 0 Å². The predicted octanol–water partition coefficient (Wildman–Crippen LogP) is 3.18. The molecule has 1 aromatic carbocycles. The molecule has 0 spiro atoms. The van der Waals surface area contributed by atoms with Crippen LogP contribution >= 0.6 is 24.0 Å². The van der Waals surface area contributed by atoms with Gasteiger partial charge in [0.15, 0.2) is 5.96 Å². The molecule has 28 heavy (non-hydrogen) atoms. The van der Waals surface area contributed by atoms with Gasteiger partial charge in [-0.05, 0) is 56.6 Å². The fourth-order valence-corrected chi connectivity index (χ4v) is 2.91. The molecule has 2 N–H and O–H groups in total. The number of hydrogen-bond acceptors (Lipinski definition) is 3. The molecule has 0 aliphatic carbocycles. The first-order valence-electron chi connectivity index (χ1n) is 9.99. The Balaban J connectivity index is 0.00000729. The van der Waals surface area contributed by atoms with E-state index in [0.29, 0.717) is 12.1 Å². The molecule has 0 bridgehead atoms. The van der Waals surface area contributed by atoms with Crippen LogP contribution in [0.4, 0.5) is 0 Å². The highest BCUT2D eigenvalue weighted by Crippen LogP contribution is 2.06. The van der Waals surface area contributed by atoms with Gasteiger partial charge in [0.25, 0.3) is 5.91 Å². The summed E-state index contributed by atoms with van der Waals surface area (Å²) in [5.74, 6) is 0.827. The Bertz CT molecular complexity index is 569. The van der Waals surface area contributed by atoms with Crippen LogP contribution in [-0.2, 0) is 6.54 Å². The second-order valence-corrected chi connectivity index (χ2v) is 6.94. The molecule has 0 heterocycles. The molecule has 0 unspecified atom stereocenters. The third-order valence-electron chi connectivity index (χ3n) is 4.31. The Morgan fingerprint density at radius 2 is 1.61 bits per heavy atom. The molecule has 0 saturated heterocycles. The van der Waals surface area contributed by atoms with Crippen LogP contribution in [-0.4, -0.2) is 69.0 Å². The lowest BCUT2D eigenvalue weighted by Gasteiger charge is -2.21. The molecule has 0 aliphatic rings. The second kappa shape index (κ2) is 15.6. The van der Waals surface area contributed by atoms with E-state index in [2.05, 4.69) is 34.4 Å². The first-order valence-corrected chi connectivity index (χ1v) is 9.99. The van der Waals surface area contributed by atoms with Gasteiger partial charge in [0.2, 0.25) is 0 Å². The number of hydrogen-bond donors (Lipinski definition) is 2. The highest BCUT2D eigenvalue weighted by molar-refractivity contribution is 14.0. The summed E-state index contributed by atoms with van der Waals surface area (Å²) in [6.45, 7) is 9.51. The molecular weight excluding hydrogens is 465 g/mol. The number of nitrogens with zero attached hydrogens (tertiary/aromatic N) is 3. The maximum atomic E-state index is 11.9. The van der Waals surface area contributed by atoms with Gasteiger partial charge in [-0.25, -0.2) is 0 Å². The van der Waals surface area contributed by atoms with Crippen LogP contribution in [0.3, 0.4) is 0 Å². The van der Waals surface area contributed by atoms with Crippen LogP contribution in [0.1, 0.15) is 49.0 Å². The number of aliphatic imine (C=N–C) groups is 1. The highest BCUT2D eigenvalue weighted by Gasteiger charge is 2.07. The normalized spacial score (nSPS) is 11.1. The van der Waals surface area contributed by atoms with E-state index >= 15 is 0 Å². The van der Waals surface area contributed by atoms with E-state index in [1.807, 2.05) is 24.3 Å². The Hall–Kier alpha value is -1.35. The van der Waals surface area contributed by atoms with Crippen LogP contribution in [0.25, 0.3) is 0 Å². The van der Waals surface area contributed by atoms with Gasteiger partial charge in [-0.1, -0.05) is 26.0 Å². The van der Waals surface area contributed by atoms with E-state index in [4.69, 9.17) is 0 Å². The maximum absolute atomic E-state index is 11.9. The van der Waals surface area contributed by atoms with Crippen LogP contribution in [0.2, 0.25) is 0 Å². The number of nitrogens with one attached hydrogen (secondary N) is 2. The van der Waals surface area contributed by atoms with Crippen LogP contribution < -0.4 is 10.6 Å². The summed E-state index contributed by atoms with van der Waals surface area (Å²) in [7, 11) is 5.31.